The van der Waals surface area contributed by atoms with Crippen LogP contribution in [0.3, 0.4) is 0 Å². The van der Waals surface area contributed by atoms with Crippen LogP contribution in [0.2, 0.25) is 0 Å². The molecule has 1 aromatic carbocycles. The van der Waals surface area contributed by atoms with Crippen LogP contribution in [-0.4, -0.2) is 18.0 Å². The van der Waals surface area contributed by atoms with Crippen molar-refractivity contribution in [2.45, 2.75) is 13.0 Å². The standard InChI is InChI=1S/C13H15N/c1-11-10-13(8-9-14(11)2)12-6-4-3-5-7-12/h3-11H,1-2H3/t11-/m0/s1. The number of hydrogen-bond donors (Lipinski definition) is 0. The van der Waals surface area contributed by atoms with Crippen molar-refractivity contribution in [1.29, 1.82) is 0 Å². The van der Waals surface area contributed by atoms with Crippen molar-refractivity contribution in [3.63, 3.8) is 0 Å². The van der Waals surface area contributed by atoms with Gasteiger partial charge in [-0.05, 0) is 30.3 Å². The van der Waals surface area contributed by atoms with E-state index in [4.69, 9.17) is 0 Å². The van der Waals surface area contributed by atoms with Gasteiger partial charge in [0.2, 0.25) is 0 Å². The Labute approximate surface area is 85.4 Å². The highest BCUT2D eigenvalue weighted by molar-refractivity contribution is 5.75. The number of nitrogens with zero attached hydrogens (tertiary/aromatic N) is 1. The first kappa shape index (κ1) is 9.07. The predicted octanol–water partition coefficient (Wildman–Crippen LogP) is 2.92. The topological polar surface area (TPSA) is 3.24 Å². The van der Waals surface area contributed by atoms with Gasteiger partial charge in [-0.3, -0.25) is 0 Å². The Morgan fingerprint density at radius 2 is 1.86 bits per heavy atom. The highest BCUT2D eigenvalue weighted by Crippen LogP contribution is 2.21. The largest absolute Gasteiger partial charge is 0.374 e. The SMILES string of the molecule is C[C@H]1C=C(c2ccccc2)C=CN1C. The van der Waals surface area contributed by atoms with E-state index in [1.807, 2.05) is 6.07 Å². The molecule has 2 rings (SSSR count). The molecule has 1 atom stereocenters. The van der Waals surface area contributed by atoms with Gasteiger partial charge in [0, 0.05) is 13.1 Å². The van der Waals surface area contributed by atoms with E-state index >= 15 is 0 Å². The quantitative estimate of drug-likeness (QED) is 0.650. The Balaban J connectivity index is 2.30. The monoisotopic (exact) mass is 185 g/mol. The number of rotatable bonds is 1. The summed E-state index contributed by atoms with van der Waals surface area (Å²) in [5, 5.41) is 0. The van der Waals surface area contributed by atoms with Crippen molar-refractivity contribution in [2.24, 2.45) is 0 Å². The van der Waals surface area contributed by atoms with E-state index in [2.05, 4.69) is 61.5 Å². The zero-order chi connectivity index (χ0) is 9.97. The molecule has 1 aromatic rings. The van der Waals surface area contributed by atoms with Crippen molar-refractivity contribution in [3.8, 4) is 0 Å². The Morgan fingerprint density at radius 1 is 1.14 bits per heavy atom. The second kappa shape index (κ2) is 3.70. The lowest BCUT2D eigenvalue weighted by molar-refractivity contribution is 0.404. The maximum Gasteiger partial charge on any atom is 0.0445 e. The fraction of sp³-hybridized carbons (Fsp3) is 0.231. The number of benzene rings is 1. The van der Waals surface area contributed by atoms with Crippen LogP contribution in [0.5, 0.6) is 0 Å². The zero-order valence-electron chi connectivity index (χ0n) is 8.64. The maximum absolute atomic E-state index is 2.29. The average molecular weight is 185 g/mol. The Kier molecular flexibility index (Phi) is 2.40. The van der Waals surface area contributed by atoms with Crippen LogP contribution in [0.25, 0.3) is 5.57 Å². The second-order valence-corrected chi connectivity index (χ2v) is 3.71. The molecule has 0 saturated heterocycles. The molecule has 1 nitrogen and oxygen atoms in total. The third-order valence-corrected chi connectivity index (χ3v) is 2.66. The lowest BCUT2D eigenvalue weighted by Gasteiger charge is -2.24. The molecule has 0 bridgehead atoms. The molecule has 1 heterocycles. The molecule has 0 aromatic heterocycles. The summed E-state index contributed by atoms with van der Waals surface area (Å²) in [7, 11) is 2.10. The fourth-order valence-electron chi connectivity index (χ4n) is 1.59. The molecule has 1 aliphatic heterocycles. The van der Waals surface area contributed by atoms with Crippen LogP contribution in [0.1, 0.15) is 12.5 Å². The van der Waals surface area contributed by atoms with Gasteiger partial charge in [-0.15, -0.1) is 0 Å². The molecule has 0 N–H and O–H groups in total. The van der Waals surface area contributed by atoms with Crippen LogP contribution in [-0.2, 0) is 0 Å². The molecule has 14 heavy (non-hydrogen) atoms. The van der Waals surface area contributed by atoms with Gasteiger partial charge in [0.05, 0.1) is 0 Å². The van der Waals surface area contributed by atoms with E-state index < -0.39 is 0 Å². The minimum atomic E-state index is 0.482. The van der Waals surface area contributed by atoms with Crippen molar-refractivity contribution in [2.75, 3.05) is 7.05 Å². The van der Waals surface area contributed by atoms with Gasteiger partial charge in [0.15, 0.2) is 0 Å². The lowest BCUT2D eigenvalue weighted by atomic mass is 10.0. The highest BCUT2D eigenvalue weighted by atomic mass is 15.1. The molecule has 72 valence electrons. The minimum absolute atomic E-state index is 0.482. The summed E-state index contributed by atoms with van der Waals surface area (Å²) in [5.74, 6) is 0. The summed E-state index contributed by atoms with van der Waals surface area (Å²) >= 11 is 0. The normalized spacial score (nSPS) is 20.9. The predicted molar refractivity (Wildman–Crippen MR) is 60.8 cm³/mol. The van der Waals surface area contributed by atoms with Gasteiger partial charge in [-0.2, -0.15) is 0 Å². The van der Waals surface area contributed by atoms with Gasteiger partial charge >= 0.3 is 0 Å². The maximum atomic E-state index is 2.29. The molecule has 0 fully saturated rings. The molecule has 0 aliphatic carbocycles. The second-order valence-electron chi connectivity index (χ2n) is 3.71. The van der Waals surface area contributed by atoms with Crippen LogP contribution < -0.4 is 0 Å². The number of likely N-dealkylation sites (N-methyl/N-ethyl adjacent to an activating group) is 1. The summed E-state index contributed by atoms with van der Waals surface area (Å²) in [4.78, 5) is 2.20. The number of hydrogen-bond acceptors (Lipinski definition) is 1. The van der Waals surface area contributed by atoms with E-state index in [9.17, 15) is 0 Å². The molecule has 1 aliphatic rings. The summed E-state index contributed by atoms with van der Waals surface area (Å²) in [6.45, 7) is 2.20. The fourth-order valence-corrected chi connectivity index (χ4v) is 1.59. The molecular weight excluding hydrogens is 170 g/mol. The minimum Gasteiger partial charge on any atom is -0.374 e. The highest BCUT2D eigenvalue weighted by Gasteiger charge is 2.08. The van der Waals surface area contributed by atoms with Crippen molar-refractivity contribution in [3.05, 3.63) is 54.2 Å². The average Bonchev–Trinajstić information content (AvgIpc) is 2.23. The van der Waals surface area contributed by atoms with Crippen molar-refractivity contribution < 1.29 is 0 Å². The van der Waals surface area contributed by atoms with E-state index in [1.165, 1.54) is 11.1 Å². The van der Waals surface area contributed by atoms with E-state index in [-0.39, 0.29) is 0 Å². The first-order valence-corrected chi connectivity index (χ1v) is 4.95. The third kappa shape index (κ3) is 1.72. The lowest BCUT2D eigenvalue weighted by Crippen LogP contribution is -2.23. The van der Waals surface area contributed by atoms with Crippen molar-refractivity contribution >= 4 is 5.57 Å². The van der Waals surface area contributed by atoms with Gasteiger partial charge in [0.1, 0.15) is 0 Å². The molecule has 0 amide bonds. The Bertz CT molecular complexity index is 362. The molecule has 0 saturated carbocycles. The summed E-state index contributed by atoms with van der Waals surface area (Å²) < 4.78 is 0. The van der Waals surface area contributed by atoms with Crippen LogP contribution in [0.15, 0.2) is 48.7 Å². The summed E-state index contributed by atoms with van der Waals surface area (Å²) in [6, 6.07) is 11.0. The first-order valence-electron chi connectivity index (χ1n) is 4.95. The molecule has 0 radical (unpaired) electrons. The molecule has 0 spiro atoms. The van der Waals surface area contributed by atoms with Crippen LogP contribution in [0.4, 0.5) is 0 Å². The van der Waals surface area contributed by atoms with E-state index in [1.54, 1.807) is 0 Å². The number of allylic oxidation sites excluding steroid dienone is 2. The van der Waals surface area contributed by atoms with Gasteiger partial charge in [0.25, 0.3) is 0 Å². The summed E-state index contributed by atoms with van der Waals surface area (Å²) in [5.41, 5.74) is 2.61. The van der Waals surface area contributed by atoms with Crippen molar-refractivity contribution in [1.82, 2.24) is 4.90 Å². The molecule has 1 heteroatoms. The van der Waals surface area contributed by atoms with Crippen LogP contribution >= 0.6 is 0 Å². The van der Waals surface area contributed by atoms with Gasteiger partial charge < -0.3 is 4.90 Å². The van der Waals surface area contributed by atoms with Gasteiger partial charge in [-0.25, -0.2) is 0 Å². The summed E-state index contributed by atoms with van der Waals surface area (Å²) in [6.07, 6.45) is 6.58. The molecule has 0 unspecified atom stereocenters. The van der Waals surface area contributed by atoms with Gasteiger partial charge in [-0.1, -0.05) is 36.4 Å². The smallest absolute Gasteiger partial charge is 0.0445 e. The Morgan fingerprint density at radius 3 is 2.50 bits per heavy atom. The third-order valence-electron chi connectivity index (χ3n) is 2.66. The van der Waals surface area contributed by atoms with E-state index in [0.29, 0.717) is 6.04 Å². The van der Waals surface area contributed by atoms with Crippen LogP contribution in [0, 0.1) is 0 Å². The Hall–Kier alpha value is -1.50. The zero-order valence-corrected chi connectivity index (χ0v) is 8.64. The molecular formula is C13H15N. The van der Waals surface area contributed by atoms with E-state index in [0.717, 1.165) is 0 Å². The first-order chi connectivity index (χ1) is 6.77.